The minimum atomic E-state index is -0.492. The second-order valence-corrected chi connectivity index (χ2v) is 3.86. The summed E-state index contributed by atoms with van der Waals surface area (Å²) in [6.45, 7) is 2.08. The van der Waals surface area contributed by atoms with Crippen molar-refractivity contribution < 1.29 is 14.3 Å². The first-order chi connectivity index (χ1) is 6.17. The van der Waals surface area contributed by atoms with Crippen LogP contribution in [-0.2, 0) is 14.3 Å². The summed E-state index contributed by atoms with van der Waals surface area (Å²) >= 11 is 0. The second kappa shape index (κ2) is 2.79. The Hall–Kier alpha value is -0.920. The molecule has 70 valence electrons. The number of hydrogen-bond donors (Lipinski definition) is 0. The number of rotatable bonds is 0. The molecule has 0 radical (unpaired) electrons. The normalized spacial score (nSPS) is 44.2. The van der Waals surface area contributed by atoms with E-state index >= 15 is 0 Å². The molecule has 0 aromatic heterocycles. The molecule has 13 heavy (non-hydrogen) atoms. The van der Waals surface area contributed by atoms with E-state index in [0.717, 1.165) is 0 Å². The molecule has 2 rings (SSSR count). The molecule has 0 amide bonds. The number of nitrogens with zero attached hydrogens (tertiary/aromatic N) is 1. The molecule has 1 saturated carbocycles. The standard InChI is InChI=1S/C9H11NO3/c1-9(4-10)2-6-7(11)3-12-5-13-8(6)9/h6,8H,2-3,5H2,1H3/t6-,8-,9-/m0/s1. The first-order valence-electron chi connectivity index (χ1n) is 4.31. The highest BCUT2D eigenvalue weighted by molar-refractivity contribution is 5.84. The van der Waals surface area contributed by atoms with Crippen molar-refractivity contribution in [1.82, 2.24) is 0 Å². The van der Waals surface area contributed by atoms with Crippen molar-refractivity contribution in [3.05, 3.63) is 0 Å². The lowest BCUT2D eigenvalue weighted by Gasteiger charge is -2.45. The third-order valence-electron chi connectivity index (χ3n) is 2.88. The minimum Gasteiger partial charge on any atom is -0.350 e. The summed E-state index contributed by atoms with van der Waals surface area (Å²) in [5.41, 5.74) is -0.492. The third kappa shape index (κ3) is 1.16. The quantitative estimate of drug-likeness (QED) is 0.545. The van der Waals surface area contributed by atoms with Crippen LogP contribution in [0.15, 0.2) is 0 Å². The minimum absolute atomic E-state index is 0.0650. The summed E-state index contributed by atoms with van der Waals surface area (Å²) in [6, 6.07) is 2.19. The first kappa shape index (κ1) is 8.67. The van der Waals surface area contributed by atoms with Gasteiger partial charge in [0, 0.05) is 5.92 Å². The van der Waals surface area contributed by atoms with Gasteiger partial charge in [-0.25, -0.2) is 0 Å². The summed E-state index contributed by atoms with van der Waals surface area (Å²) < 4.78 is 10.3. The summed E-state index contributed by atoms with van der Waals surface area (Å²) in [4.78, 5) is 11.4. The Morgan fingerprint density at radius 3 is 3.15 bits per heavy atom. The number of ketones is 1. The van der Waals surface area contributed by atoms with E-state index in [-0.39, 0.29) is 31.2 Å². The van der Waals surface area contributed by atoms with E-state index < -0.39 is 5.41 Å². The van der Waals surface area contributed by atoms with E-state index in [1.807, 2.05) is 6.92 Å². The molecule has 0 N–H and O–H groups in total. The predicted molar refractivity (Wildman–Crippen MR) is 42.5 cm³/mol. The van der Waals surface area contributed by atoms with Crippen molar-refractivity contribution in [2.45, 2.75) is 19.4 Å². The molecule has 2 aliphatic rings. The number of nitriles is 1. The molecule has 0 bridgehead atoms. The van der Waals surface area contributed by atoms with Crippen LogP contribution in [0.3, 0.4) is 0 Å². The maximum atomic E-state index is 11.4. The predicted octanol–water partition coefficient (Wildman–Crippen LogP) is 0.478. The fraction of sp³-hybridized carbons (Fsp3) is 0.778. The lowest BCUT2D eigenvalue weighted by Crippen LogP contribution is -2.54. The largest absolute Gasteiger partial charge is 0.350 e. The maximum absolute atomic E-state index is 11.4. The third-order valence-corrected chi connectivity index (χ3v) is 2.88. The zero-order chi connectivity index (χ0) is 9.47. The Balaban J connectivity index is 2.16. The van der Waals surface area contributed by atoms with Gasteiger partial charge in [0.15, 0.2) is 5.78 Å². The Morgan fingerprint density at radius 1 is 1.69 bits per heavy atom. The molecule has 1 aliphatic heterocycles. The van der Waals surface area contributed by atoms with Gasteiger partial charge in [-0.3, -0.25) is 4.79 Å². The SMILES string of the molecule is C[C@@]1(C#N)C[C@H]2C(=O)COCO[C@@H]21. The molecule has 4 nitrogen and oxygen atoms in total. The number of ether oxygens (including phenoxy) is 2. The summed E-state index contributed by atoms with van der Waals surface area (Å²) in [6.07, 6.45) is 0.351. The zero-order valence-corrected chi connectivity index (χ0v) is 7.45. The number of fused-ring (bicyclic) bond motifs is 1. The van der Waals surface area contributed by atoms with E-state index in [4.69, 9.17) is 14.7 Å². The van der Waals surface area contributed by atoms with Crippen LogP contribution in [0.5, 0.6) is 0 Å². The van der Waals surface area contributed by atoms with E-state index in [0.29, 0.717) is 6.42 Å². The smallest absolute Gasteiger partial charge is 0.164 e. The highest BCUT2D eigenvalue weighted by Gasteiger charge is 2.55. The van der Waals surface area contributed by atoms with Crippen LogP contribution < -0.4 is 0 Å². The first-order valence-corrected chi connectivity index (χ1v) is 4.31. The lowest BCUT2D eigenvalue weighted by molar-refractivity contribution is -0.157. The molecule has 2 fully saturated rings. The number of carbonyl (C=O) groups excluding carboxylic acids is 1. The van der Waals surface area contributed by atoms with Crippen molar-refractivity contribution in [3.8, 4) is 6.07 Å². The van der Waals surface area contributed by atoms with Gasteiger partial charge in [0.2, 0.25) is 0 Å². The molecule has 1 saturated heterocycles. The van der Waals surface area contributed by atoms with Gasteiger partial charge in [-0.15, -0.1) is 0 Å². The molecule has 0 spiro atoms. The fourth-order valence-corrected chi connectivity index (χ4v) is 2.03. The van der Waals surface area contributed by atoms with Gasteiger partial charge in [-0.2, -0.15) is 5.26 Å². The van der Waals surface area contributed by atoms with Gasteiger partial charge in [-0.05, 0) is 13.3 Å². The van der Waals surface area contributed by atoms with Crippen LogP contribution in [0, 0.1) is 22.7 Å². The molecular weight excluding hydrogens is 170 g/mol. The summed E-state index contributed by atoms with van der Waals surface area (Å²) in [5.74, 6) is -0.0534. The van der Waals surface area contributed by atoms with Gasteiger partial charge < -0.3 is 9.47 Å². The number of hydrogen-bond acceptors (Lipinski definition) is 4. The Bertz CT molecular complexity index is 283. The van der Waals surface area contributed by atoms with E-state index in [2.05, 4.69) is 6.07 Å². The monoisotopic (exact) mass is 181 g/mol. The highest BCUT2D eigenvalue weighted by Crippen LogP contribution is 2.48. The number of carbonyl (C=O) groups is 1. The Labute approximate surface area is 76.4 Å². The van der Waals surface area contributed by atoms with Gasteiger partial charge in [0.1, 0.15) is 13.4 Å². The fourth-order valence-electron chi connectivity index (χ4n) is 2.03. The molecule has 0 aromatic rings. The van der Waals surface area contributed by atoms with Gasteiger partial charge in [0.05, 0.1) is 17.6 Å². The molecular formula is C9H11NO3. The maximum Gasteiger partial charge on any atom is 0.164 e. The summed E-state index contributed by atoms with van der Waals surface area (Å²) in [7, 11) is 0. The van der Waals surface area contributed by atoms with Crippen LogP contribution in [0.1, 0.15) is 13.3 Å². The van der Waals surface area contributed by atoms with Crippen molar-refractivity contribution in [2.24, 2.45) is 11.3 Å². The second-order valence-electron chi connectivity index (χ2n) is 3.86. The average Bonchev–Trinajstić information content (AvgIpc) is 2.26. The molecule has 3 atom stereocenters. The highest BCUT2D eigenvalue weighted by atomic mass is 16.7. The Kier molecular flexibility index (Phi) is 1.86. The molecule has 0 aromatic carbocycles. The number of Topliss-reactive ketones (excluding diaryl/α,β-unsaturated/α-hetero) is 1. The van der Waals surface area contributed by atoms with Crippen molar-refractivity contribution in [3.63, 3.8) is 0 Å². The average molecular weight is 181 g/mol. The molecule has 0 unspecified atom stereocenters. The van der Waals surface area contributed by atoms with E-state index in [1.54, 1.807) is 0 Å². The molecule has 1 heterocycles. The Morgan fingerprint density at radius 2 is 2.46 bits per heavy atom. The molecule has 1 aliphatic carbocycles. The lowest BCUT2D eigenvalue weighted by atomic mass is 9.60. The van der Waals surface area contributed by atoms with Crippen LogP contribution in [0.2, 0.25) is 0 Å². The molecule has 4 heteroatoms. The van der Waals surface area contributed by atoms with Crippen molar-refractivity contribution in [1.29, 1.82) is 5.26 Å². The van der Waals surface area contributed by atoms with Crippen molar-refractivity contribution in [2.75, 3.05) is 13.4 Å². The van der Waals surface area contributed by atoms with Crippen molar-refractivity contribution >= 4 is 5.78 Å². The van der Waals surface area contributed by atoms with Crippen LogP contribution in [-0.4, -0.2) is 25.3 Å². The van der Waals surface area contributed by atoms with Crippen LogP contribution in [0.4, 0.5) is 0 Å². The van der Waals surface area contributed by atoms with Crippen LogP contribution >= 0.6 is 0 Å². The summed E-state index contributed by atoms with van der Waals surface area (Å²) in [5, 5.41) is 8.88. The van der Waals surface area contributed by atoms with Gasteiger partial charge >= 0.3 is 0 Å². The van der Waals surface area contributed by atoms with Gasteiger partial charge in [0.25, 0.3) is 0 Å². The van der Waals surface area contributed by atoms with Gasteiger partial charge in [-0.1, -0.05) is 0 Å². The topological polar surface area (TPSA) is 59.3 Å². The van der Waals surface area contributed by atoms with E-state index in [1.165, 1.54) is 0 Å². The zero-order valence-electron chi connectivity index (χ0n) is 7.45. The van der Waals surface area contributed by atoms with E-state index in [9.17, 15) is 4.79 Å². The van der Waals surface area contributed by atoms with Crippen LogP contribution in [0.25, 0.3) is 0 Å².